The van der Waals surface area contributed by atoms with E-state index in [1.165, 1.54) is 16.9 Å². The van der Waals surface area contributed by atoms with Crippen LogP contribution in [0.25, 0.3) is 5.57 Å². The minimum Gasteiger partial charge on any atom is -0.495 e. The summed E-state index contributed by atoms with van der Waals surface area (Å²) >= 11 is 1.97. The highest BCUT2D eigenvalue weighted by Crippen LogP contribution is 2.30. The van der Waals surface area contributed by atoms with Gasteiger partial charge in [-0.3, -0.25) is 0 Å². The predicted octanol–water partition coefficient (Wildman–Crippen LogP) is 2.80. The summed E-state index contributed by atoms with van der Waals surface area (Å²) in [5, 5.41) is 0. The molecule has 2 nitrogen and oxygen atoms in total. The number of ether oxygens (including phenoxy) is 1. The molecule has 0 spiro atoms. The van der Waals surface area contributed by atoms with Crippen LogP contribution in [-0.4, -0.2) is 18.6 Å². The van der Waals surface area contributed by atoms with Gasteiger partial charge in [-0.05, 0) is 35.4 Å². The maximum Gasteiger partial charge on any atom is 0.142 e. The fourth-order valence-electron chi connectivity index (χ4n) is 1.70. The van der Waals surface area contributed by atoms with Crippen molar-refractivity contribution in [2.75, 3.05) is 24.3 Å². The van der Waals surface area contributed by atoms with E-state index in [0.29, 0.717) is 5.69 Å². The van der Waals surface area contributed by atoms with Gasteiger partial charge in [0.15, 0.2) is 0 Å². The number of hydrogen-bond donors (Lipinski definition) is 1. The summed E-state index contributed by atoms with van der Waals surface area (Å²) in [6.07, 6.45) is 3.43. The normalized spacial score (nSPS) is 15.9. The van der Waals surface area contributed by atoms with E-state index in [4.69, 9.17) is 10.5 Å². The topological polar surface area (TPSA) is 35.2 Å². The largest absolute Gasteiger partial charge is 0.495 e. The van der Waals surface area contributed by atoms with E-state index in [1.807, 2.05) is 23.9 Å². The molecule has 0 saturated carbocycles. The molecular weight excluding hydrogens is 206 g/mol. The van der Waals surface area contributed by atoms with E-state index < -0.39 is 0 Å². The molecule has 2 N–H and O–H groups in total. The van der Waals surface area contributed by atoms with Gasteiger partial charge in [-0.15, -0.1) is 0 Å². The van der Waals surface area contributed by atoms with Crippen LogP contribution in [0.15, 0.2) is 24.3 Å². The highest BCUT2D eigenvalue weighted by molar-refractivity contribution is 7.99. The summed E-state index contributed by atoms with van der Waals surface area (Å²) in [5.41, 5.74) is 9.13. The Hall–Kier alpha value is -1.09. The van der Waals surface area contributed by atoms with Gasteiger partial charge in [-0.2, -0.15) is 11.8 Å². The van der Waals surface area contributed by atoms with Crippen LogP contribution in [0.5, 0.6) is 5.75 Å². The summed E-state index contributed by atoms with van der Waals surface area (Å²) in [7, 11) is 1.65. The summed E-state index contributed by atoms with van der Waals surface area (Å²) in [5.74, 6) is 3.09. The molecule has 15 heavy (non-hydrogen) atoms. The average molecular weight is 221 g/mol. The Morgan fingerprint density at radius 1 is 1.40 bits per heavy atom. The predicted molar refractivity (Wildman–Crippen MR) is 67.3 cm³/mol. The molecule has 0 saturated heterocycles. The van der Waals surface area contributed by atoms with Crippen molar-refractivity contribution in [3.63, 3.8) is 0 Å². The highest BCUT2D eigenvalue weighted by atomic mass is 32.2. The van der Waals surface area contributed by atoms with Gasteiger partial charge >= 0.3 is 0 Å². The van der Waals surface area contributed by atoms with E-state index >= 15 is 0 Å². The van der Waals surface area contributed by atoms with E-state index in [-0.39, 0.29) is 0 Å². The van der Waals surface area contributed by atoms with Crippen molar-refractivity contribution in [1.82, 2.24) is 0 Å². The summed E-state index contributed by atoms with van der Waals surface area (Å²) < 4.78 is 5.22. The van der Waals surface area contributed by atoms with Crippen LogP contribution >= 0.6 is 11.8 Å². The smallest absolute Gasteiger partial charge is 0.142 e. The molecule has 1 aromatic carbocycles. The number of rotatable bonds is 2. The third-order valence-electron chi connectivity index (χ3n) is 2.57. The number of nitrogens with two attached hydrogens (primary N) is 1. The van der Waals surface area contributed by atoms with Crippen molar-refractivity contribution < 1.29 is 4.74 Å². The molecule has 1 aliphatic rings. The number of allylic oxidation sites excluding steroid dienone is 1. The van der Waals surface area contributed by atoms with Crippen molar-refractivity contribution >= 4 is 23.0 Å². The lowest BCUT2D eigenvalue weighted by Gasteiger charge is -2.14. The highest BCUT2D eigenvalue weighted by Gasteiger charge is 2.08. The van der Waals surface area contributed by atoms with Gasteiger partial charge in [0.05, 0.1) is 12.8 Å². The van der Waals surface area contributed by atoms with Crippen LogP contribution in [0.1, 0.15) is 12.0 Å². The Morgan fingerprint density at radius 3 is 2.93 bits per heavy atom. The second-order valence-corrected chi connectivity index (χ2v) is 4.66. The molecule has 0 bridgehead atoms. The Balaban J connectivity index is 2.32. The van der Waals surface area contributed by atoms with Crippen molar-refractivity contribution in [3.8, 4) is 5.75 Å². The van der Waals surface area contributed by atoms with Gasteiger partial charge in [-0.1, -0.05) is 12.1 Å². The lowest BCUT2D eigenvalue weighted by Crippen LogP contribution is -1.97. The first-order chi connectivity index (χ1) is 7.31. The zero-order chi connectivity index (χ0) is 10.7. The van der Waals surface area contributed by atoms with E-state index in [9.17, 15) is 0 Å². The second-order valence-electron chi connectivity index (χ2n) is 3.51. The average Bonchev–Trinajstić information content (AvgIpc) is 2.31. The molecule has 0 aliphatic carbocycles. The summed E-state index contributed by atoms with van der Waals surface area (Å²) in [6, 6.07) is 6.01. The van der Waals surface area contributed by atoms with Crippen LogP contribution in [0.2, 0.25) is 0 Å². The minimum atomic E-state index is 0.701. The van der Waals surface area contributed by atoms with E-state index in [0.717, 1.165) is 17.9 Å². The maximum atomic E-state index is 5.78. The molecule has 0 fully saturated rings. The minimum absolute atomic E-state index is 0.701. The first-order valence-electron chi connectivity index (χ1n) is 5.02. The Bertz CT molecular complexity index is 387. The van der Waals surface area contributed by atoms with E-state index in [2.05, 4.69) is 12.1 Å². The van der Waals surface area contributed by atoms with Crippen molar-refractivity contribution in [3.05, 3.63) is 29.8 Å². The molecule has 1 aliphatic heterocycles. The van der Waals surface area contributed by atoms with Crippen LogP contribution < -0.4 is 10.5 Å². The fraction of sp³-hybridized carbons (Fsp3) is 0.333. The number of methoxy groups -OCH3 is 1. The third kappa shape index (κ3) is 2.29. The summed E-state index contributed by atoms with van der Waals surface area (Å²) in [4.78, 5) is 0. The number of benzene rings is 1. The van der Waals surface area contributed by atoms with Crippen LogP contribution in [0, 0.1) is 0 Å². The molecule has 3 heteroatoms. The van der Waals surface area contributed by atoms with Crippen molar-refractivity contribution in [2.45, 2.75) is 6.42 Å². The molecule has 1 heterocycles. The maximum absolute atomic E-state index is 5.78. The first kappa shape index (κ1) is 10.4. The van der Waals surface area contributed by atoms with Gasteiger partial charge in [0, 0.05) is 5.75 Å². The zero-order valence-electron chi connectivity index (χ0n) is 8.82. The molecule has 0 aromatic heterocycles. The second kappa shape index (κ2) is 4.62. The molecule has 0 atom stereocenters. The number of nitrogen functional groups attached to an aromatic ring is 1. The van der Waals surface area contributed by atoms with Gasteiger partial charge in [0.2, 0.25) is 0 Å². The van der Waals surface area contributed by atoms with E-state index in [1.54, 1.807) is 7.11 Å². The molecular formula is C12H15NOS. The van der Waals surface area contributed by atoms with Gasteiger partial charge in [0.25, 0.3) is 0 Å². The molecule has 80 valence electrons. The quantitative estimate of drug-likeness (QED) is 0.780. The Kier molecular flexibility index (Phi) is 3.21. The monoisotopic (exact) mass is 221 g/mol. The molecule has 0 unspecified atom stereocenters. The molecule has 0 radical (unpaired) electrons. The van der Waals surface area contributed by atoms with Crippen LogP contribution in [-0.2, 0) is 0 Å². The lowest BCUT2D eigenvalue weighted by molar-refractivity contribution is 0.417. The van der Waals surface area contributed by atoms with Crippen molar-refractivity contribution in [2.24, 2.45) is 0 Å². The summed E-state index contributed by atoms with van der Waals surface area (Å²) in [6.45, 7) is 0. The van der Waals surface area contributed by atoms with Crippen molar-refractivity contribution in [1.29, 1.82) is 0 Å². The number of thioether (sulfide) groups is 1. The number of hydrogen-bond acceptors (Lipinski definition) is 3. The standard InChI is InChI=1S/C12H15NOS/c1-14-12-8-10(2-3-11(12)13)9-4-6-15-7-5-9/h2-4,8H,5-7,13H2,1H3. The zero-order valence-corrected chi connectivity index (χ0v) is 9.64. The Labute approximate surface area is 94.5 Å². The molecule has 2 rings (SSSR count). The SMILES string of the molecule is COc1cc(C2=CCSCC2)ccc1N. The first-order valence-corrected chi connectivity index (χ1v) is 6.17. The van der Waals surface area contributed by atoms with Gasteiger partial charge in [0.1, 0.15) is 5.75 Å². The Morgan fingerprint density at radius 2 is 2.27 bits per heavy atom. The van der Waals surface area contributed by atoms with Crippen LogP contribution in [0.4, 0.5) is 5.69 Å². The lowest BCUT2D eigenvalue weighted by atomic mass is 10.0. The number of anilines is 1. The molecule has 0 amide bonds. The van der Waals surface area contributed by atoms with Gasteiger partial charge in [-0.25, -0.2) is 0 Å². The van der Waals surface area contributed by atoms with Gasteiger partial charge < -0.3 is 10.5 Å². The van der Waals surface area contributed by atoms with Crippen LogP contribution in [0.3, 0.4) is 0 Å². The fourth-order valence-corrected chi connectivity index (χ4v) is 2.55. The molecule has 1 aromatic rings. The third-order valence-corrected chi connectivity index (χ3v) is 3.46.